The summed E-state index contributed by atoms with van der Waals surface area (Å²) in [5.74, 6) is -0.0878. The first-order valence-corrected chi connectivity index (χ1v) is 9.96. The molecule has 0 saturated heterocycles. The normalized spacial score (nSPS) is 12.4. The van der Waals surface area contributed by atoms with Crippen LogP contribution in [0.1, 0.15) is 0 Å². The van der Waals surface area contributed by atoms with Crippen molar-refractivity contribution >= 4 is 36.7 Å². The lowest BCUT2D eigenvalue weighted by molar-refractivity contribution is 0.475. The topological polar surface area (TPSA) is 155 Å². The molecule has 0 atom stereocenters. The standard InChI is InChI=1S/C16H13NO7S2/c17-16-7-10(18)1-3-14(16)15-8-12(26(22,23)24)6-9-5-11(25(19,20)21)2-4-13(9)15/h1-8,18H,17H2,(H,19,20,21)(H,22,23,24). The van der Waals surface area contributed by atoms with Gasteiger partial charge in [-0.25, -0.2) is 0 Å². The molecular formula is C16H13NO7S2. The van der Waals surface area contributed by atoms with E-state index >= 15 is 0 Å². The van der Waals surface area contributed by atoms with Crippen molar-refractivity contribution in [1.29, 1.82) is 0 Å². The highest BCUT2D eigenvalue weighted by molar-refractivity contribution is 7.86. The van der Waals surface area contributed by atoms with Gasteiger partial charge in [0.15, 0.2) is 0 Å². The predicted molar refractivity (Wildman–Crippen MR) is 95.1 cm³/mol. The lowest BCUT2D eigenvalue weighted by atomic mass is 9.97. The zero-order chi connectivity index (χ0) is 19.3. The highest BCUT2D eigenvalue weighted by Crippen LogP contribution is 2.37. The van der Waals surface area contributed by atoms with Crippen molar-refractivity contribution in [3.05, 3.63) is 48.5 Å². The average molecular weight is 395 g/mol. The number of hydrogen-bond donors (Lipinski definition) is 4. The monoisotopic (exact) mass is 395 g/mol. The molecule has 0 fully saturated rings. The van der Waals surface area contributed by atoms with Crippen LogP contribution >= 0.6 is 0 Å². The van der Waals surface area contributed by atoms with Crippen molar-refractivity contribution in [2.75, 3.05) is 5.73 Å². The van der Waals surface area contributed by atoms with E-state index in [0.717, 1.165) is 18.2 Å². The van der Waals surface area contributed by atoms with Crippen LogP contribution in [-0.2, 0) is 20.2 Å². The van der Waals surface area contributed by atoms with Gasteiger partial charge in [0.2, 0.25) is 0 Å². The number of fused-ring (bicyclic) bond motifs is 1. The van der Waals surface area contributed by atoms with Crippen LogP contribution in [-0.4, -0.2) is 31.0 Å². The minimum Gasteiger partial charge on any atom is -0.508 e. The van der Waals surface area contributed by atoms with E-state index in [-0.39, 0.29) is 16.8 Å². The zero-order valence-corrected chi connectivity index (χ0v) is 14.6. The number of aromatic hydroxyl groups is 1. The fraction of sp³-hybridized carbons (Fsp3) is 0. The van der Waals surface area contributed by atoms with Crippen molar-refractivity contribution in [3.8, 4) is 16.9 Å². The minimum absolute atomic E-state index is 0.0878. The van der Waals surface area contributed by atoms with Crippen molar-refractivity contribution in [2.24, 2.45) is 0 Å². The Hall–Kier alpha value is -2.66. The number of benzene rings is 3. The molecule has 26 heavy (non-hydrogen) atoms. The van der Waals surface area contributed by atoms with Crippen molar-refractivity contribution < 1.29 is 31.0 Å². The van der Waals surface area contributed by atoms with Crippen LogP contribution in [0.25, 0.3) is 21.9 Å². The van der Waals surface area contributed by atoms with Crippen LogP contribution in [0, 0.1) is 0 Å². The number of phenolic OH excluding ortho intramolecular Hbond substituents is 1. The molecule has 0 aromatic heterocycles. The van der Waals surface area contributed by atoms with E-state index in [1.54, 1.807) is 0 Å². The largest absolute Gasteiger partial charge is 0.508 e. The molecule has 0 saturated carbocycles. The summed E-state index contributed by atoms with van der Waals surface area (Å²) in [6, 6.07) is 9.98. The molecule has 10 heteroatoms. The first kappa shape index (κ1) is 18.1. The van der Waals surface area contributed by atoms with E-state index in [1.165, 1.54) is 30.3 Å². The summed E-state index contributed by atoms with van der Waals surface area (Å²) in [5, 5.41) is 10.1. The van der Waals surface area contributed by atoms with Gasteiger partial charge in [0.25, 0.3) is 20.2 Å². The van der Waals surface area contributed by atoms with Crippen LogP contribution in [0.5, 0.6) is 5.75 Å². The van der Waals surface area contributed by atoms with Crippen molar-refractivity contribution in [2.45, 2.75) is 9.79 Å². The summed E-state index contributed by atoms with van der Waals surface area (Å²) in [4.78, 5) is -0.901. The molecule has 8 nitrogen and oxygen atoms in total. The molecule has 136 valence electrons. The van der Waals surface area contributed by atoms with Gasteiger partial charge in [0.1, 0.15) is 5.75 Å². The fourth-order valence-electron chi connectivity index (χ4n) is 2.65. The van der Waals surface area contributed by atoms with Crippen LogP contribution < -0.4 is 5.73 Å². The molecular weight excluding hydrogens is 382 g/mol. The summed E-state index contributed by atoms with van der Waals surface area (Å²) in [6.07, 6.45) is 0. The van der Waals surface area contributed by atoms with Crippen LogP contribution in [0.2, 0.25) is 0 Å². The predicted octanol–water partition coefficient (Wildman–Crippen LogP) is 2.29. The maximum Gasteiger partial charge on any atom is 0.294 e. The lowest BCUT2D eigenvalue weighted by Gasteiger charge is -2.12. The molecule has 3 aromatic carbocycles. The Kier molecular flexibility index (Phi) is 4.15. The van der Waals surface area contributed by atoms with E-state index in [1.807, 2.05) is 0 Å². The van der Waals surface area contributed by atoms with Crippen LogP contribution in [0.4, 0.5) is 5.69 Å². The quantitative estimate of drug-likeness (QED) is 0.389. The second kappa shape index (κ2) is 5.95. The lowest BCUT2D eigenvalue weighted by Crippen LogP contribution is -2.01. The Morgan fingerprint density at radius 2 is 1.35 bits per heavy atom. The van der Waals surface area contributed by atoms with Gasteiger partial charge < -0.3 is 10.8 Å². The van der Waals surface area contributed by atoms with Crippen molar-refractivity contribution in [3.63, 3.8) is 0 Å². The molecule has 0 heterocycles. The Bertz CT molecular complexity index is 1240. The van der Waals surface area contributed by atoms with E-state index in [4.69, 9.17) is 5.73 Å². The third-order valence-electron chi connectivity index (χ3n) is 3.82. The van der Waals surface area contributed by atoms with Gasteiger partial charge in [-0.2, -0.15) is 16.8 Å². The Morgan fingerprint density at radius 3 is 1.92 bits per heavy atom. The maximum absolute atomic E-state index is 11.6. The number of anilines is 1. The summed E-state index contributed by atoms with van der Waals surface area (Å²) in [7, 11) is -9.10. The first-order valence-electron chi connectivity index (χ1n) is 7.08. The zero-order valence-electron chi connectivity index (χ0n) is 13.0. The van der Waals surface area contributed by atoms with Gasteiger partial charge >= 0.3 is 0 Å². The van der Waals surface area contributed by atoms with Gasteiger partial charge in [-0.3, -0.25) is 9.11 Å². The SMILES string of the molecule is Nc1cc(O)ccc1-c1cc(S(=O)(=O)O)cc2cc(S(=O)(=O)O)ccc12. The summed E-state index contributed by atoms with van der Waals surface area (Å²) in [6.45, 7) is 0. The Labute approximate surface area is 149 Å². The smallest absolute Gasteiger partial charge is 0.294 e. The van der Waals surface area contributed by atoms with E-state index in [2.05, 4.69) is 0 Å². The van der Waals surface area contributed by atoms with Gasteiger partial charge in [-0.15, -0.1) is 0 Å². The molecule has 0 spiro atoms. The molecule has 0 aliphatic heterocycles. The maximum atomic E-state index is 11.6. The number of phenols is 1. The Balaban J connectivity index is 2.44. The Morgan fingerprint density at radius 1 is 0.731 bits per heavy atom. The number of rotatable bonds is 3. The molecule has 0 aliphatic carbocycles. The van der Waals surface area contributed by atoms with E-state index in [9.17, 15) is 31.0 Å². The molecule has 3 rings (SSSR count). The molecule has 0 radical (unpaired) electrons. The average Bonchev–Trinajstić information content (AvgIpc) is 2.51. The molecule has 5 N–H and O–H groups in total. The summed E-state index contributed by atoms with van der Waals surface area (Å²) >= 11 is 0. The van der Waals surface area contributed by atoms with Crippen LogP contribution in [0.15, 0.2) is 58.3 Å². The van der Waals surface area contributed by atoms with E-state index < -0.39 is 30.0 Å². The molecule has 0 amide bonds. The molecule has 0 aliphatic rings. The summed E-state index contributed by atoms with van der Waals surface area (Å²) < 4.78 is 64.5. The fourth-order valence-corrected chi connectivity index (χ4v) is 3.71. The van der Waals surface area contributed by atoms with Gasteiger partial charge in [0.05, 0.1) is 9.79 Å². The van der Waals surface area contributed by atoms with Gasteiger partial charge in [-0.1, -0.05) is 6.07 Å². The number of hydrogen-bond acceptors (Lipinski definition) is 6. The van der Waals surface area contributed by atoms with Gasteiger partial charge in [0, 0.05) is 17.3 Å². The van der Waals surface area contributed by atoms with Crippen molar-refractivity contribution in [1.82, 2.24) is 0 Å². The molecule has 3 aromatic rings. The molecule has 0 bridgehead atoms. The highest BCUT2D eigenvalue weighted by atomic mass is 32.2. The molecule has 0 unspecified atom stereocenters. The highest BCUT2D eigenvalue weighted by Gasteiger charge is 2.18. The third kappa shape index (κ3) is 3.35. The number of nitrogens with two attached hydrogens (primary N) is 1. The van der Waals surface area contributed by atoms with Crippen LogP contribution in [0.3, 0.4) is 0 Å². The summed E-state index contributed by atoms with van der Waals surface area (Å²) in [5.41, 5.74) is 6.72. The minimum atomic E-state index is -4.60. The van der Waals surface area contributed by atoms with Gasteiger partial charge in [-0.05, 0) is 52.7 Å². The number of nitrogen functional groups attached to an aromatic ring is 1. The second-order valence-corrected chi connectivity index (χ2v) is 8.42. The first-order chi connectivity index (χ1) is 12.0. The van der Waals surface area contributed by atoms with E-state index in [0.29, 0.717) is 16.5 Å². The third-order valence-corrected chi connectivity index (χ3v) is 5.50. The second-order valence-electron chi connectivity index (χ2n) is 5.58.